The minimum atomic E-state index is -1.05. The van der Waals surface area contributed by atoms with Crippen LogP contribution in [0.1, 0.15) is 45.6 Å². The third kappa shape index (κ3) is 4.66. The first-order valence-corrected chi connectivity index (χ1v) is 11.2. The van der Waals surface area contributed by atoms with E-state index in [1.165, 1.54) is 24.1 Å². The SMILES string of the molecule is CCc1ccc(C2/C(=C(\O)c3ccc(OC)cc3)C(=O)C(=O)N2Cc2ccc(C(=O)O)cc2)cc1. The molecule has 0 bridgehead atoms. The maximum absolute atomic E-state index is 13.2. The van der Waals surface area contributed by atoms with E-state index in [4.69, 9.17) is 9.84 Å². The molecule has 0 radical (unpaired) electrons. The van der Waals surface area contributed by atoms with Gasteiger partial charge >= 0.3 is 5.97 Å². The molecule has 1 aliphatic rings. The lowest BCUT2D eigenvalue weighted by atomic mass is 9.94. The number of aliphatic hydroxyl groups excluding tert-OH is 1. The van der Waals surface area contributed by atoms with Gasteiger partial charge in [-0.05, 0) is 59.5 Å². The lowest BCUT2D eigenvalue weighted by Gasteiger charge is -2.25. The van der Waals surface area contributed by atoms with E-state index in [1.807, 2.05) is 31.2 Å². The molecule has 0 saturated carbocycles. The van der Waals surface area contributed by atoms with Crippen molar-refractivity contribution in [2.24, 2.45) is 0 Å². The monoisotopic (exact) mass is 471 g/mol. The van der Waals surface area contributed by atoms with Crippen molar-refractivity contribution >= 4 is 23.4 Å². The molecule has 7 heteroatoms. The summed E-state index contributed by atoms with van der Waals surface area (Å²) in [5, 5.41) is 20.3. The summed E-state index contributed by atoms with van der Waals surface area (Å²) in [5.74, 6) is -2.22. The van der Waals surface area contributed by atoms with Crippen LogP contribution in [0.4, 0.5) is 0 Å². The highest BCUT2D eigenvalue weighted by Gasteiger charge is 2.46. The van der Waals surface area contributed by atoms with Gasteiger partial charge in [0.2, 0.25) is 0 Å². The van der Waals surface area contributed by atoms with Crippen molar-refractivity contribution in [2.75, 3.05) is 7.11 Å². The normalized spacial score (nSPS) is 17.0. The van der Waals surface area contributed by atoms with Crippen molar-refractivity contribution < 1.29 is 29.3 Å². The number of carboxylic acids is 1. The van der Waals surface area contributed by atoms with Crippen LogP contribution >= 0.6 is 0 Å². The highest BCUT2D eigenvalue weighted by Crippen LogP contribution is 2.40. The zero-order valence-electron chi connectivity index (χ0n) is 19.4. The number of nitrogens with zero attached hydrogens (tertiary/aromatic N) is 1. The molecule has 3 aromatic rings. The van der Waals surface area contributed by atoms with Crippen molar-refractivity contribution in [3.05, 3.63) is 106 Å². The largest absolute Gasteiger partial charge is 0.507 e. The van der Waals surface area contributed by atoms with Gasteiger partial charge in [-0.25, -0.2) is 4.79 Å². The Bertz CT molecular complexity index is 1290. The summed E-state index contributed by atoms with van der Waals surface area (Å²) < 4.78 is 5.17. The molecule has 1 saturated heterocycles. The van der Waals surface area contributed by atoms with Gasteiger partial charge < -0.3 is 19.8 Å². The Hall–Kier alpha value is -4.39. The Morgan fingerprint density at radius 3 is 1.97 bits per heavy atom. The van der Waals surface area contributed by atoms with E-state index in [2.05, 4.69) is 0 Å². The molecule has 2 N–H and O–H groups in total. The summed E-state index contributed by atoms with van der Waals surface area (Å²) in [7, 11) is 1.53. The van der Waals surface area contributed by atoms with E-state index in [-0.39, 0.29) is 23.4 Å². The quantitative estimate of drug-likeness (QED) is 0.297. The Morgan fingerprint density at radius 1 is 0.857 bits per heavy atom. The molecule has 7 nitrogen and oxygen atoms in total. The van der Waals surface area contributed by atoms with Crippen LogP contribution < -0.4 is 4.74 Å². The van der Waals surface area contributed by atoms with Gasteiger partial charge in [0.05, 0.1) is 24.3 Å². The lowest BCUT2D eigenvalue weighted by molar-refractivity contribution is -0.140. The average molecular weight is 472 g/mol. The number of Topliss-reactive ketones (excluding diaryl/α,β-unsaturated/α-hetero) is 1. The summed E-state index contributed by atoms with van der Waals surface area (Å²) >= 11 is 0. The van der Waals surface area contributed by atoms with Crippen LogP contribution in [0.2, 0.25) is 0 Å². The van der Waals surface area contributed by atoms with E-state index in [1.54, 1.807) is 36.4 Å². The Balaban J connectivity index is 1.80. The maximum atomic E-state index is 13.2. The number of carbonyl (C=O) groups excluding carboxylic acids is 2. The number of aryl methyl sites for hydroxylation is 1. The number of aromatic carboxylic acids is 1. The second-order valence-corrected chi connectivity index (χ2v) is 8.25. The number of ketones is 1. The number of hydrogen-bond donors (Lipinski definition) is 2. The van der Waals surface area contributed by atoms with Crippen LogP contribution in [0.5, 0.6) is 5.75 Å². The molecule has 0 aliphatic carbocycles. The maximum Gasteiger partial charge on any atom is 0.335 e. The van der Waals surface area contributed by atoms with Gasteiger partial charge in [0.1, 0.15) is 11.5 Å². The van der Waals surface area contributed by atoms with Gasteiger partial charge in [-0.1, -0.05) is 43.3 Å². The average Bonchev–Trinajstić information content (AvgIpc) is 3.13. The number of ether oxygens (including phenoxy) is 1. The predicted molar refractivity (Wildman–Crippen MR) is 130 cm³/mol. The van der Waals surface area contributed by atoms with Gasteiger partial charge in [0.15, 0.2) is 0 Å². The second kappa shape index (κ2) is 9.85. The van der Waals surface area contributed by atoms with Crippen LogP contribution in [-0.2, 0) is 22.6 Å². The molecule has 35 heavy (non-hydrogen) atoms. The minimum absolute atomic E-state index is 0.00608. The number of benzene rings is 3. The number of aliphatic hydroxyl groups is 1. The van der Waals surface area contributed by atoms with Gasteiger partial charge in [-0.3, -0.25) is 9.59 Å². The summed E-state index contributed by atoms with van der Waals surface area (Å²) in [6.07, 6.45) is 0.836. The molecule has 1 heterocycles. The first kappa shape index (κ1) is 23.8. The van der Waals surface area contributed by atoms with E-state index < -0.39 is 23.7 Å². The van der Waals surface area contributed by atoms with E-state index >= 15 is 0 Å². The molecule has 1 unspecified atom stereocenters. The van der Waals surface area contributed by atoms with Crippen LogP contribution in [-0.4, -0.2) is 39.9 Å². The summed E-state index contributed by atoms with van der Waals surface area (Å²) in [4.78, 5) is 38.9. The Morgan fingerprint density at radius 2 is 1.43 bits per heavy atom. The molecule has 1 aliphatic heterocycles. The van der Waals surface area contributed by atoms with E-state index in [9.17, 15) is 19.5 Å². The molecule has 0 aromatic heterocycles. The topological polar surface area (TPSA) is 104 Å². The molecule has 4 rings (SSSR count). The number of carbonyl (C=O) groups is 3. The predicted octanol–water partition coefficient (Wildman–Crippen LogP) is 4.58. The van der Waals surface area contributed by atoms with Gasteiger partial charge in [-0.15, -0.1) is 0 Å². The lowest BCUT2D eigenvalue weighted by Crippen LogP contribution is -2.29. The van der Waals surface area contributed by atoms with E-state index in [0.717, 1.165) is 12.0 Å². The summed E-state index contributed by atoms with van der Waals surface area (Å²) in [6, 6.07) is 19.5. The second-order valence-electron chi connectivity index (χ2n) is 8.25. The van der Waals surface area contributed by atoms with Crippen LogP contribution in [0.3, 0.4) is 0 Å². The Kier molecular flexibility index (Phi) is 6.68. The van der Waals surface area contributed by atoms with Crippen molar-refractivity contribution in [2.45, 2.75) is 25.9 Å². The number of methoxy groups -OCH3 is 1. The molecule has 178 valence electrons. The molecular formula is C28H25NO6. The fourth-order valence-corrected chi connectivity index (χ4v) is 4.18. The summed E-state index contributed by atoms with van der Waals surface area (Å²) in [5.41, 5.74) is 2.98. The third-order valence-corrected chi connectivity index (χ3v) is 6.16. The van der Waals surface area contributed by atoms with Crippen LogP contribution in [0, 0.1) is 0 Å². The van der Waals surface area contributed by atoms with Gasteiger partial charge in [0.25, 0.3) is 11.7 Å². The highest BCUT2D eigenvalue weighted by atomic mass is 16.5. The third-order valence-electron chi connectivity index (χ3n) is 6.16. The first-order chi connectivity index (χ1) is 16.8. The van der Waals surface area contributed by atoms with Crippen molar-refractivity contribution in [3.63, 3.8) is 0 Å². The smallest absolute Gasteiger partial charge is 0.335 e. The van der Waals surface area contributed by atoms with E-state index in [0.29, 0.717) is 22.4 Å². The zero-order valence-corrected chi connectivity index (χ0v) is 19.4. The van der Waals surface area contributed by atoms with Crippen LogP contribution in [0.15, 0.2) is 78.4 Å². The zero-order chi connectivity index (χ0) is 25.1. The number of likely N-dealkylation sites (tertiary alicyclic amines) is 1. The van der Waals surface area contributed by atoms with Gasteiger partial charge in [0, 0.05) is 12.1 Å². The number of carboxylic acid groups (broad SMARTS) is 1. The number of rotatable bonds is 7. The fraction of sp³-hybridized carbons (Fsp3) is 0.179. The van der Waals surface area contributed by atoms with Crippen LogP contribution in [0.25, 0.3) is 5.76 Å². The molecule has 1 atom stereocenters. The number of amides is 1. The molecule has 1 amide bonds. The highest BCUT2D eigenvalue weighted by molar-refractivity contribution is 6.46. The van der Waals surface area contributed by atoms with Crippen molar-refractivity contribution in [3.8, 4) is 5.75 Å². The molecular weight excluding hydrogens is 446 g/mol. The molecule has 1 fully saturated rings. The summed E-state index contributed by atoms with van der Waals surface area (Å²) in [6.45, 7) is 2.11. The van der Waals surface area contributed by atoms with Crippen molar-refractivity contribution in [1.82, 2.24) is 4.90 Å². The first-order valence-electron chi connectivity index (χ1n) is 11.2. The minimum Gasteiger partial charge on any atom is -0.507 e. The van der Waals surface area contributed by atoms with Crippen molar-refractivity contribution in [1.29, 1.82) is 0 Å². The van der Waals surface area contributed by atoms with Gasteiger partial charge in [-0.2, -0.15) is 0 Å². The number of hydrogen-bond acceptors (Lipinski definition) is 5. The Labute approximate surface area is 202 Å². The standard InChI is InChI=1S/C28H25NO6/c1-3-17-4-8-19(9-5-17)24-23(25(30)20-12-14-22(35-2)15-13-20)26(31)27(32)29(24)16-18-6-10-21(11-7-18)28(33)34/h4-15,24,30H,3,16H2,1-2H3,(H,33,34)/b25-23+. The molecule has 0 spiro atoms. The fourth-order valence-electron chi connectivity index (χ4n) is 4.18. The molecule has 3 aromatic carbocycles.